The van der Waals surface area contributed by atoms with E-state index in [0.717, 1.165) is 31.1 Å². The Morgan fingerprint density at radius 1 is 1.42 bits per heavy atom. The van der Waals surface area contributed by atoms with Crippen LogP contribution >= 0.6 is 0 Å². The third kappa shape index (κ3) is 2.60. The summed E-state index contributed by atoms with van der Waals surface area (Å²) in [6.07, 6.45) is 2.53. The van der Waals surface area contributed by atoms with Gasteiger partial charge in [-0.15, -0.1) is 0 Å². The van der Waals surface area contributed by atoms with Crippen molar-refractivity contribution in [3.8, 4) is 5.75 Å². The molecule has 19 heavy (non-hydrogen) atoms. The van der Waals surface area contributed by atoms with Crippen LogP contribution < -0.4 is 10.1 Å². The fourth-order valence-electron chi connectivity index (χ4n) is 3.36. The largest absolute Gasteiger partial charge is 0.497 e. The fourth-order valence-corrected chi connectivity index (χ4v) is 3.36. The SMILES string of the molecule is COc1ccc(CN2CCCC3CNCC32)c(F)c1. The van der Waals surface area contributed by atoms with E-state index in [-0.39, 0.29) is 5.82 Å². The first-order valence-corrected chi connectivity index (χ1v) is 7.05. The smallest absolute Gasteiger partial charge is 0.131 e. The van der Waals surface area contributed by atoms with Crippen LogP contribution in [0.15, 0.2) is 18.2 Å². The highest BCUT2D eigenvalue weighted by Crippen LogP contribution is 2.28. The molecule has 0 saturated carbocycles. The van der Waals surface area contributed by atoms with Crippen LogP contribution in [0, 0.1) is 11.7 Å². The summed E-state index contributed by atoms with van der Waals surface area (Å²) in [7, 11) is 1.56. The van der Waals surface area contributed by atoms with Gasteiger partial charge in [0.15, 0.2) is 0 Å². The first kappa shape index (κ1) is 12.9. The van der Waals surface area contributed by atoms with E-state index in [1.165, 1.54) is 18.9 Å². The normalized spacial score (nSPS) is 27.3. The lowest BCUT2D eigenvalue weighted by molar-refractivity contribution is 0.116. The lowest BCUT2D eigenvalue weighted by atomic mass is 9.91. The molecule has 2 atom stereocenters. The molecule has 104 valence electrons. The number of ether oxygens (including phenoxy) is 1. The van der Waals surface area contributed by atoms with Crippen LogP contribution in [0.2, 0.25) is 0 Å². The number of halogens is 1. The molecule has 0 radical (unpaired) electrons. The quantitative estimate of drug-likeness (QED) is 0.904. The molecule has 4 heteroatoms. The number of methoxy groups -OCH3 is 1. The van der Waals surface area contributed by atoms with Gasteiger partial charge < -0.3 is 10.1 Å². The van der Waals surface area contributed by atoms with E-state index in [2.05, 4.69) is 10.2 Å². The molecule has 2 heterocycles. The highest BCUT2D eigenvalue weighted by molar-refractivity contribution is 5.29. The number of nitrogens with zero attached hydrogens (tertiary/aromatic N) is 1. The predicted octanol–water partition coefficient (Wildman–Crippen LogP) is 2.02. The van der Waals surface area contributed by atoms with Crippen LogP contribution in [0.4, 0.5) is 4.39 Å². The van der Waals surface area contributed by atoms with Crippen molar-refractivity contribution in [2.24, 2.45) is 5.92 Å². The van der Waals surface area contributed by atoms with Gasteiger partial charge in [0.2, 0.25) is 0 Å². The van der Waals surface area contributed by atoms with E-state index in [0.29, 0.717) is 18.3 Å². The molecular formula is C15H21FN2O. The zero-order chi connectivity index (χ0) is 13.2. The van der Waals surface area contributed by atoms with Crippen LogP contribution in [0.3, 0.4) is 0 Å². The van der Waals surface area contributed by atoms with E-state index < -0.39 is 0 Å². The molecule has 3 nitrogen and oxygen atoms in total. The predicted molar refractivity (Wildman–Crippen MR) is 72.7 cm³/mol. The van der Waals surface area contributed by atoms with E-state index in [1.807, 2.05) is 12.1 Å². The third-order valence-electron chi connectivity index (χ3n) is 4.43. The first-order valence-electron chi connectivity index (χ1n) is 7.05. The van der Waals surface area contributed by atoms with Crippen molar-refractivity contribution in [2.45, 2.75) is 25.4 Å². The fraction of sp³-hybridized carbons (Fsp3) is 0.600. The van der Waals surface area contributed by atoms with Gasteiger partial charge in [-0.2, -0.15) is 0 Å². The highest BCUT2D eigenvalue weighted by Gasteiger charge is 2.34. The Morgan fingerprint density at radius 3 is 3.11 bits per heavy atom. The average Bonchev–Trinajstić information content (AvgIpc) is 2.90. The Kier molecular flexibility index (Phi) is 3.71. The number of piperidine rings is 1. The van der Waals surface area contributed by atoms with Crippen molar-refractivity contribution < 1.29 is 9.13 Å². The first-order chi connectivity index (χ1) is 9.28. The minimum absolute atomic E-state index is 0.160. The molecule has 1 N–H and O–H groups in total. The molecule has 2 saturated heterocycles. The number of fused-ring (bicyclic) bond motifs is 1. The third-order valence-corrected chi connectivity index (χ3v) is 4.43. The Balaban J connectivity index is 1.73. The van der Waals surface area contributed by atoms with Crippen LogP contribution in [0.5, 0.6) is 5.75 Å². The summed E-state index contributed by atoms with van der Waals surface area (Å²) >= 11 is 0. The number of rotatable bonds is 3. The van der Waals surface area contributed by atoms with Crippen LogP contribution in [0.25, 0.3) is 0 Å². The molecule has 0 aliphatic carbocycles. The zero-order valence-electron chi connectivity index (χ0n) is 11.4. The summed E-state index contributed by atoms with van der Waals surface area (Å²) in [4.78, 5) is 2.43. The van der Waals surface area contributed by atoms with Crippen molar-refractivity contribution in [3.05, 3.63) is 29.6 Å². The number of hydrogen-bond acceptors (Lipinski definition) is 3. The molecule has 1 aromatic carbocycles. The minimum atomic E-state index is -0.160. The molecule has 2 unspecified atom stereocenters. The maximum Gasteiger partial charge on any atom is 0.131 e. The van der Waals surface area contributed by atoms with Crippen molar-refractivity contribution in [1.29, 1.82) is 0 Å². The molecule has 2 aliphatic heterocycles. The van der Waals surface area contributed by atoms with Gasteiger partial charge in [-0.25, -0.2) is 4.39 Å². The monoisotopic (exact) mass is 264 g/mol. The summed E-state index contributed by atoms with van der Waals surface area (Å²) in [6, 6.07) is 5.74. The average molecular weight is 264 g/mol. The lowest BCUT2D eigenvalue weighted by Gasteiger charge is -2.37. The summed E-state index contributed by atoms with van der Waals surface area (Å²) in [6.45, 7) is 3.95. The number of likely N-dealkylation sites (tertiary alicyclic amines) is 1. The van der Waals surface area contributed by atoms with Gasteiger partial charge >= 0.3 is 0 Å². The molecule has 2 aliphatic rings. The van der Waals surface area contributed by atoms with Gasteiger partial charge in [-0.3, -0.25) is 4.90 Å². The highest BCUT2D eigenvalue weighted by atomic mass is 19.1. The van der Waals surface area contributed by atoms with E-state index >= 15 is 0 Å². The van der Waals surface area contributed by atoms with Crippen LogP contribution in [0.1, 0.15) is 18.4 Å². The van der Waals surface area contributed by atoms with Gasteiger partial charge in [-0.05, 0) is 37.9 Å². The molecular weight excluding hydrogens is 243 g/mol. The molecule has 0 aromatic heterocycles. The van der Waals surface area contributed by atoms with Crippen molar-refractivity contribution in [2.75, 3.05) is 26.7 Å². The van der Waals surface area contributed by atoms with Gasteiger partial charge in [0, 0.05) is 30.8 Å². The molecule has 0 spiro atoms. The van der Waals surface area contributed by atoms with Crippen LogP contribution in [-0.2, 0) is 6.54 Å². The number of nitrogens with one attached hydrogen (secondary N) is 1. The van der Waals surface area contributed by atoms with Crippen molar-refractivity contribution in [3.63, 3.8) is 0 Å². The standard InChI is InChI=1S/C15H21FN2O/c1-19-13-5-4-12(14(16)7-13)10-18-6-2-3-11-8-17-9-15(11)18/h4-5,7,11,15,17H,2-3,6,8-10H2,1H3. The number of benzene rings is 1. The second kappa shape index (κ2) is 5.47. The van der Waals surface area contributed by atoms with E-state index in [1.54, 1.807) is 7.11 Å². The van der Waals surface area contributed by atoms with Gasteiger partial charge in [-0.1, -0.05) is 6.07 Å². The van der Waals surface area contributed by atoms with Crippen molar-refractivity contribution in [1.82, 2.24) is 10.2 Å². The Bertz CT molecular complexity index is 452. The molecule has 1 aromatic rings. The Labute approximate surface area is 113 Å². The summed E-state index contributed by atoms with van der Waals surface area (Å²) in [5, 5.41) is 3.46. The lowest BCUT2D eigenvalue weighted by Crippen LogP contribution is -2.44. The molecule has 0 bridgehead atoms. The summed E-state index contributed by atoms with van der Waals surface area (Å²) in [5.41, 5.74) is 0.772. The second-order valence-corrected chi connectivity index (χ2v) is 5.56. The molecule has 0 amide bonds. The zero-order valence-corrected chi connectivity index (χ0v) is 11.4. The van der Waals surface area contributed by atoms with Gasteiger partial charge in [0.05, 0.1) is 7.11 Å². The van der Waals surface area contributed by atoms with Crippen molar-refractivity contribution >= 4 is 0 Å². The minimum Gasteiger partial charge on any atom is -0.497 e. The maximum absolute atomic E-state index is 14.0. The maximum atomic E-state index is 14.0. The Hall–Kier alpha value is -1.13. The van der Waals surface area contributed by atoms with Crippen LogP contribution in [-0.4, -0.2) is 37.7 Å². The van der Waals surface area contributed by atoms with E-state index in [9.17, 15) is 4.39 Å². The van der Waals surface area contributed by atoms with Gasteiger partial charge in [0.25, 0.3) is 0 Å². The van der Waals surface area contributed by atoms with E-state index in [4.69, 9.17) is 4.74 Å². The topological polar surface area (TPSA) is 24.5 Å². The summed E-state index contributed by atoms with van der Waals surface area (Å²) < 4.78 is 19.1. The molecule has 2 fully saturated rings. The van der Waals surface area contributed by atoms with Gasteiger partial charge in [0.1, 0.15) is 11.6 Å². The summed E-state index contributed by atoms with van der Waals surface area (Å²) in [5.74, 6) is 1.17. The second-order valence-electron chi connectivity index (χ2n) is 5.56. The Morgan fingerprint density at radius 2 is 2.32 bits per heavy atom. The molecule has 3 rings (SSSR count). The number of hydrogen-bond donors (Lipinski definition) is 1.